The van der Waals surface area contributed by atoms with Crippen LogP contribution in [0.5, 0.6) is 0 Å². The Morgan fingerprint density at radius 3 is 3.17 bits per heavy atom. The Labute approximate surface area is 74.9 Å². The smallest absolute Gasteiger partial charge is 0.318 e. The van der Waals surface area contributed by atoms with Crippen LogP contribution in [-0.2, 0) is 6.42 Å². The summed E-state index contributed by atoms with van der Waals surface area (Å²) in [5, 5.41) is 4.42. The van der Waals surface area contributed by atoms with Crippen LogP contribution in [0.2, 0.25) is 0 Å². The second-order valence-corrected chi connectivity index (χ2v) is 4.30. The molecule has 1 aromatic heterocycles. The van der Waals surface area contributed by atoms with Gasteiger partial charge in [0.2, 0.25) is 0 Å². The van der Waals surface area contributed by atoms with Crippen molar-refractivity contribution < 1.29 is 4.52 Å². The van der Waals surface area contributed by atoms with E-state index < -0.39 is 0 Å². The molecule has 1 aliphatic rings. The summed E-state index contributed by atoms with van der Waals surface area (Å²) in [4.78, 5) is 3.96. The standard InChI is InChI=1S/C7H11N3OS/c8-7-9-6(10-11-7)4-5-2-1-3-12-5/h5H,1-4H2,(H2,8,9,10). The monoisotopic (exact) mass is 185 g/mol. The fourth-order valence-corrected chi connectivity index (χ4v) is 2.63. The molecule has 0 radical (unpaired) electrons. The van der Waals surface area contributed by atoms with E-state index in [1.165, 1.54) is 18.6 Å². The van der Waals surface area contributed by atoms with E-state index in [0.717, 1.165) is 12.2 Å². The number of nitrogen functional groups attached to an aromatic ring is 1. The molecule has 1 aromatic rings. The van der Waals surface area contributed by atoms with Gasteiger partial charge in [0, 0.05) is 11.7 Å². The maximum atomic E-state index is 5.31. The van der Waals surface area contributed by atoms with Crippen LogP contribution >= 0.6 is 11.8 Å². The molecule has 5 heteroatoms. The van der Waals surface area contributed by atoms with Crippen LogP contribution in [0, 0.1) is 0 Å². The summed E-state index contributed by atoms with van der Waals surface area (Å²) in [6.07, 6.45) is 3.47. The van der Waals surface area contributed by atoms with Crippen molar-refractivity contribution in [3.63, 3.8) is 0 Å². The van der Waals surface area contributed by atoms with Crippen LogP contribution in [0.4, 0.5) is 6.01 Å². The van der Waals surface area contributed by atoms with Gasteiger partial charge >= 0.3 is 6.01 Å². The highest BCUT2D eigenvalue weighted by Gasteiger charge is 2.18. The lowest BCUT2D eigenvalue weighted by Crippen LogP contribution is -2.03. The molecule has 0 bridgehead atoms. The third-order valence-electron chi connectivity index (χ3n) is 1.92. The minimum absolute atomic E-state index is 0.174. The quantitative estimate of drug-likeness (QED) is 0.747. The minimum Gasteiger partial charge on any atom is -0.351 e. The molecule has 0 aliphatic carbocycles. The van der Waals surface area contributed by atoms with E-state index in [4.69, 9.17) is 5.73 Å². The Bertz CT molecular complexity index is 257. The first kappa shape index (κ1) is 7.91. The summed E-state index contributed by atoms with van der Waals surface area (Å²) in [5.74, 6) is 2.00. The summed E-state index contributed by atoms with van der Waals surface area (Å²) in [5.41, 5.74) is 5.31. The van der Waals surface area contributed by atoms with Gasteiger partial charge in [-0.1, -0.05) is 5.16 Å². The predicted molar refractivity (Wildman–Crippen MR) is 47.9 cm³/mol. The van der Waals surface area contributed by atoms with Gasteiger partial charge in [-0.15, -0.1) is 0 Å². The van der Waals surface area contributed by atoms with E-state index in [1.54, 1.807) is 0 Å². The zero-order chi connectivity index (χ0) is 8.39. The Morgan fingerprint density at radius 2 is 2.58 bits per heavy atom. The minimum atomic E-state index is 0.174. The van der Waals surface area contributed by atoms with E-state index in [-0.39, 0.29) is 6.01 Å². The second kappa shape index (κ2) is 3.35. The van der Waals surface area contributed by atoms with Crippen molar-refractivity contribution in [2.75, 3.05) is 11.5 Å². The molecule has 1 saturated heterocycles. The van der Waals surface area contributed by atoms with Crippen molar-refractivity contribution in [3.8, 4) is 0 Å². The molecule has 1 atom stereocenters. The van der Waals surface area contributed by atoms with Gasteiger partial charge in [0.15, 0.2) is 5.82 Å². The summed E-state index contributed by atoms with van der Waals surface area (Å²) in [6, 6.07) is 0.174. The highest BCUT2D eigenvalue weighted by Crippen LogP contribution is 2.28. The Hall–Kier alpha value is -0.710. The Morgan fingerprint density at radius 1 is 1.67 bits per heavy atom. The number of hydrogen-bond acceptors (Lipinski definition) is 5. The molecule has 66 valence electrons. The largest absolute Gasteiger partial charge is 0.351 e. The molecular formula is C7H11N3OS. The third kappa shape index (κ3) is 1.72. The van der Waals surface area contributed by atoms with Crippen LogP contribution < -0.4 is 5.73 Å². The van der Waals surface area contributed by atoms with Gasteiger partial charge in [0.25, 0.3) is 0 Å². The van der Waals surface area contributed by atoms with Gasteiger partial charge in [0.05, 0.1) is 0 Å². The summed E-state index contributed by atoms with van der Waals surface area (Å²) in [6.45, 7) is 0. The van der Waals surface area contributed by atoms with Gasteiger partial charge in [-0.05, 0) is 18.6 Å². The van der Waals surface area contributed by atoms with Gasteiger partial charge < -0.3 is 10.3 Å². The zero-order valence-electron chi connectivity index (χ0n) is 6.69. The maximum absolute atomic E-state index is 5.31. The molecule has 0 aromatic carbocycles. The highest BCUT2D eigenvalue weighted by molar-refractivity contribution is 8.00. The van der Waals surface area contributed by atoms with E-state index in [1.807, 2.05) is 11.8 Å². The SMILES string of the molecule is Nc1nc(CC2CCCS2)no1. The molecule has 0 amide bonds. The third-order valence-corrected chi connectivity index (χ3v) is 3.32. The summed E-state index contributed by atoms with van der Waals surface area (Å²) in [7, 11) is 0. The van der Waals surface area contributed by atoms with Crippen LogP contribution in [0.15, 0.2) is 4.52 Å². The lowest BCUT2D eigenvalue weighted by Gasteiger charge is -2.02. The van der Waals surface area contributed by atoms with Gasteiger partial charge in [-0.2, -0.15) is 16.7 Å². The zero-order valence-corrected chi connectivity index (χ0v) is 7.51. The van der Waals surface area contributed by atoms with E-state index in [0.29, 0.717) is 5.25 Å². The van der Waals surface area contributed by atoms with Crippen molar-refractivity contribution >= 4 is 17.8 Å². The fraction of sp³-hybridized carbons (Fsp3) is 0.714. The second-order valence-electron chi connectivity index (χ2n) is 2.89. The number of rotatable bonds is 2. The average Bonchev–Trinajstić information content (AvgIpc) is 2.63. The highest BCUT2D eigenvalue weighted by atomic mass is 32.2. The topological polar surface area (TPSA) is 64.9 Å². The van der Waals surface area contributed by atoms with Crippen molar-refractivity contribution in [2.24, 2.45) is 0 Å². The molecule has 1 fully saturated rings. The first-order valence-corrected chi connectivity index (χ1v) is 5.09. The summed E-state index contributed by atoms with van der Waals surface area (Å²) < 4.78 is 4.68. The van der Waals surface area contributed by atoms with Crippen molar-refractivity contribution in [1.29, 1.82) is 0 Å². The number of aromatic nitrogens is 2. The molecule has 1 aliphatic heterocycles. The molecule has 2 heterocycles. The van der Waals surface area contributed by atoms with Crippen molar-refractivity contribution in [2.45, 2.75) is 24.5 Å². The number of nitrogens with zero attached hydrogens (tertiary/aromatic N) is 2. The molecule has 1 unspecified atom stereocenters. The molecule has 12 heavy (non-hydrogen) atoms. The van der Waals surface area contributed by atoms with Crippen LogP contribution in [0.3, 0.4) is 0 Å². The maximum Gasteiger partial charge on any atom is 0.318 e. The normalized spacial score (nSPS) is 23.2. The van der Waals surface area contributed by atoms with Crippen molar-refractivity contribution in [1.82, 2.24) is 10.1 Å². The van der Waals surface area contributed by atoms with E-state index >= 15 is 0 Å². The van der Waals surface area contributed by atoms with Crippen molar-refractivity contribution in [3.05, 3.63) is 5.82 Å². The lowest BCUT2D eigenvalue weighted by molar-refractivity contribution is 0.426. The molecule has 0 saturated carbocycles. The molecule has 2 N–H and O–H groups in total. The number of thioether (sulfide) groups is 1. The van der Waals surface area contributed by atoms with Crippen LogP contribution in [0.25, 0.3) is 0 Å². The van der Waals surface area contributed by atoms with E-state index in [9.17, 15) is 0 Å². The summed E-state index contributed by atoms with van der Waals surface area (Å²) >= 11 is 1.98. The first-order valence-electron chi connectivity index (χ1n) is 4.04. The van der Waals surface area contributed by atoms with Gasteiger partial charge in [0.1, 0.15) is 0 Å². The molecule has 4 nitrogen and oxygen atoms in total. The van der Waals surface area contributed by atoms with Crippen LogP contribution in [0.1, 0.15) is 18.7 Å². The molecule has 0 spiro atoms. The number of nitrogens with two attached hydrogens (primary N) is 1. The van der Waals surface area contributed by atoms with Crippen LogP contribution in [-0.4, -0.2) is 21.1 Å². The lowest BCUT2D eigenvalue weighted by atomic mass is 10.2. The molecule has 2 rings (SSSR count). The first-order chi connectivity index (χ1) is 5.84. The number of anilines is 1. The van der Waals surface area contributed by atoms with Gasteiger partial charge in [-0.3, -0.25) is 0 Å². The molecular weight excluding hydrogens is 174 g/mol. The van der Waals surface area contributed by atoms with Gasteiger partial charge in [-0.25, -0.2) is 0 Å². The predicted octanol–water partition coefficient (Wildman–Crippen LogP) is 1.09. The fourth-order valence-electron chi connectivity index (χ4n) is 1.36. The average molecular weight is 185 g/mol. The van der Waals surface area contributed by atoms with E-state index in [2.05, 4.69) is 14.7 Å². The Kier molecular flexibility index (Phi) is 2.21. The number of hydrogen-bond donors (Lipinski definition) is 1. The Balaban J connectivity index is 1.94.